The summed E-state index contributed by atoms with van der Waals surface area (Å²) in [5, 5.41) is 20.1. The van der Waals surface area contributed by atoms with Gasteiger partial charge in [-0.15, -0.1) is 0 Å². The fourth-order valence-electron chi connectivity index (χ4n) is 3.43. The summed E-state index contributed by atoms with van der Waals surface area (Å²) in [4.78, 5) is 26.6. The molecule has 0 aliphatic rings. The zero-order valence-corrected chi connectivity index (χ0v) is 18.0. The van der Waals surface area contributed by atoms with E-state index in [1.807, 2.05) is 30.3 Å². The lowest BCUT2D eigenvalue weighted by molar-refractivity contribution is -0.133. The molecular formula is C26H23NO6. The van der Waals surface area contributed by atoms with Crippen molar-refractivity contribution in [2.45, 2.75) is 6.10 Å². The van der Waals surface area contributed by atoms with Gasteiger partial charge in [-0.05, 0) is 35.4 Å². The summed E-state index contributed by atoms with van der Waals surface area (Å²) in [5.41, 5.74) is 2.05. The van der Waals surface area contributed by atoms with Gasteiger partial charge >= 0.3 is 0 Å². The minimum atomic E-state index is -0.895. The Bertz CT molecular complexity index is 1310. The van der Waals surface area contributed by atoms with Crippen LogP contribution in [0.3, 0.4) is 0 Å². The second-order valence-corrected chi connectivity index (χ2v) is 7.67. The van der Waals surface area contributed by atoms with Gasteiger partial charge in [-0.3, -0.25) is 9.59 Å². The Labute approximate surface area is 190 Å². The van der Waals surface area contributed by atoms with Crippen LogP contribution in [-0.2, 0) is 4.79 Å². The first-order chi connectivity index (χ1) is 15.9. The van der Waals surface area contributed by atoms with Gasteiger partial charge in [0.05, 0.1) is 23.6 Å². The molecule has 1 atom stereocenters. The highest BCUT2D eigenvalue weighted by molar-refractivity contribution is 5.83. The smallest absolute Gasteiger partial charge is 0.260 e. The van der Waals surface area contributed by atoms with E-state index in [4.69, 9.17) is 9.15 Å². The Morgan fingerprint density at radius 1 is 1.06 bits per heavy atom. The largest absolute Gasteiger partial charge is 0.508 e. The van der Waals surface area contributed by atoms with Gasteiger partial charge in [-0.1, -0.05) is 42.5 Å². The Kier molecular flexibility index (Phi) is 6.42. The van der Waals surface area contributed by atoms with Gasteiger partial charge in [0, 0.05) is 13.1 Å². The highest BCUT2D eigenvalue weighted by atomic mass is 16.5. The van der Waals surface area contributed by atoms with E-state index in [1.54, 1.807) is 37.4 Å². The molecule has 0 fully saturated rings. The lowest BCUT2D eigenvalue weighted by Crippen LogP contribution is -2.34. The van der Waals surface area contributed by atoms with E-state index >= 15 is 0 Å². The van der Waals surface area contributed by atoms with E-state index in [-0.39, 0.29) is 30.2 Å². The van der Waals surface area contributed by atoms with Crippen LogP contribution in [-0.4, -0.2) is 41.2 Å². The van der Waals surface area contributed by atoms with Crippen molar-refractivity contribution >= 4 is 16.9 Å². The number of benzene rings is 3. The molecule has 0 spiro atoms. The lowest BCUT2D eigenvalue weighted by Gasteiger charge is -2.21. The number of aliphatic hydroxyl groups is 1. The molecule has 33 heavy (non-hydrogen) atoms. The fraction of sp³-hybridized carbons (Fsp3) is 0.154. The maximum absolute atomic E-state index is 12.8. The topological polar surface area (TPSA) is 100 Å². The molecule has 2 N–H and O–H groups in total. The van der Waals surface area contributed by atoms with Crippen molar-refractivity contribution in [3.63, 3.8) is 0 Å². The zero-order chi connectivity index (χ0) is 23.4. The van der Waals surface area contributed by atoms with Gasteiger partial charge in [0.2, 0.25) is 0 Å². The molecule has 0 aliphatic heterocycles. The predicted octanol–water partition coefficient (Wildman–Crippen LogP) is 3.74. The molecule has 4 rings (SSSR count). The Morgan fingerprint density at radius 3 is 2.52 bits per heavy atom. The van der Waals surface area contributed by atoms with Crippen LogP contribution in [0.15, 0.2) is 88.3 Å². The molecular weight excluding hydrogens is 422 g/mol. The number of nitrogens with zero attached hydrogens (tertiary/aromatic N) is 1. The van der Waals surface area contributed by atoms with Gasteiger partial charge in [-0.25, -0.2) is 0 Å². The van der Waals surface area contributed by atoms with Gasteiger partial charge < -0.3 is 24.3 Å². The molecule has 3 aromatic carbocycles. The number of carbonyl (C=O) groups excluding carboxylic acids is 1. The van der Waals surface area contributed by atoms with Crippen LogP contribution in [0.5, 0.6) is 11.5 Å². The van der Waals surface area contributed by atoms with Crippen molar-refractivity contribution in [1.82, 2.24) is 4.90 Å². The van der Waals surface area contributed by atoms with Crippen molar-refractivity contribution in [3.05, 3.63) is 94.8 Å². The highest BCUT2D eigenvalue weighted by Crippen LogP contribution is 2.23. The van der Waals surface area contributed by atoms with Crippen molar-refractivity contribution in [3.8, 4) is 22.6 Å². The number of amides is 1. The number of likely N-dealkylation sites (N-methyl/N-ethyl adjacent to an activating group) is 1. The molecule has 0 unspecified atom stereocenters. The summed E-state index contributed by atoms with van der Waals surface area (Å²) in [6.07, 6.45) is 0.529. The number of rotatable bonds is 7. The van der Waals surface area contributed by atoms with Crippen molar-refractivity contribution in [1.29, 1.82) is 0 Å². The summed E-state index contributed by atoms with van der Waals surface area (Å²) in [6, 6.07) is 20.2. The quantitative estimate of drug-likeness (QED) is 0.450. The molecule has 0 aliphatic carbocycles. The first-order valence-electron chi connectivity index (χ1n) is 10.4. The van der Waals surface area contributed by atoms with Crippen LogP contribution in [0.25, 0.3) is 22.1 Å². The molecule has 0 saturated heterocycles. The number of aromatic hydroxyl groups is 1. The maximum Gasteiger partial charge on any atom is 0.260 e. The molecule has 0 saturated carbocycles. The van der Waals surface area contributed by atoms with Crippen LogP contribution in [0.2, 0.25) is 0 Å². The standard InChI is InChI=1S/C26H23NO6/c1-27(14-23(29)18-7-9-19(28)10-8-18)25(30)16-32-20-11-12-21-24(13-20)33-15-22(26(21)31)17-5-3-2-4-6-17/h2-13,15,23,28-29H,14,16H2,1H3/t23-/m0/s1. The van der Waals surface area contributed by atoms with E-state index in [2.05, 4.69) is 0 Å². The van der Waals surface area contributed by atoms with E-state index < -0.39 is 6.10 Å². The second-order valence-electron chi connectivity index (χ2n) is 7.67. The van der Waals surface area contributed by atoms with E-state index in [1.165, 1.54) is 23.3 Å². The van der Waals surface area contributed by atoms with Crippen LogP contribution in [0.4, 0.5) is 0 Å². The van der Waals surface area contributed by atoms with Crippen molar-refractivity contribution in [2.75, 3.05) is 20.2 Å². The average Bonchev–Trinajstić information content (AvgIpc) is 2.83. The van der Waals surface area contributed by atoms with E-state index in [9.17, 15) is 19.8 Å². The maximum atomic E-state index is 12.8. The zero-order valence-electron chi connectivity index (χ0n) is 18.0. The minimum absolute atomic E-state index is 0.0713. The number of phenolic OH excluding ortho intramolecular Hbond substituents is 1. The number of phenols is 1. The van der Waals surface area contributed by atoms with Crippen molar-refractivity contribution in [2.24, 2.45) is 0 Å². The van der Waals surface area contributed by atoms with Gasteiger partial charge in [-0.2, -0.15) is 0 Å². The third kappa shape index (κ3) is 5.05. The van der Waals surface area contributed by atoms with Crippen LogP contribution in [0, 0.1) is 0 Å². The number of ether oxygens (including phenoxy) is 1. The number of hydrogen-bond acceptors (Lipinski definition) is 6. The molecule has 0 radical (unpaired) electrons. The molecule has 1 heterocycles. The van der Waals surface area contributed by atoms with Crippen molar-refractivity contribution < 1.29 is 24.2 Å². The molecule has 0 bridgehead atoms. The molecule has 7 heteroatoms. The van der Waals surface area contributed by atoms with Crippen LogP contribution >= 0.6 is 0 Å². The molecule has 1 aromatic heterocycles. The molecule has 4 aromatic rings. The fourth-order valence-corrected chi connectivity index (χ4v) is 3.43. The second kappa shape index (κ2) is 9.58. The summed E-state index contributed by atoms with van der Waals surface area (Å²) < 4.78 is 11.2. The monoisotopic (exact) mass is 445 g/mol. The Balaban J connectivity index is 1.41. The molecule has 7 nitrogen and oxygen atoms in total. The van der Waals surface area contributed by atoms with Gasteiger partial charge in [0.25, 0.3) is 5.91 Å². The minimum Gasteiger partial charge on any atom is -0.508 e. The lowest BCUT2D eigenvalue weighted by atomic mass is 10.1. The first-order valence-corrected chi connectivity index (χ1v) is 10.4. The Hall–Kier alpha value is -4.10. The van der Waals surface area contributed by atoms with E-state index in [0.717, 1.165) is 5.56 Å². The third-order valence-electron chi connectivity index (χ3n) is 5.34. The van der Waals surface area contributed by atoms with Gasteiger partial charge in [0.1, 0.15) is 23.3 Å². The van der Waals surface area contributed by atoms with E-state index in [0.29, 0.717) is 27.8 Å². The molecule has 168 valence electrons. The molecule has 1 amide bonds. The number of aliphatic hydroxyl groups excluding tert-OH is 1. The van der Waals surface area contributed by atoms with Crippen LogP contribution in [0.1, 0.15) is 11.7 Å². The normalized spacial score (nSPS) is 11.8. The number of fused-ring (bicyclic) bond motifs is 1. The Morgan fingerprint density at radius 2 is 1.79 bits per heavy atom. The first kappa shape index (κ1) is 22.1. The number of carbonyl (C=O) groups is 1. The van der Waals surface area contributed by atoms with Crippen LogP contribution < -0.4 is 10.2 Å². The summed E-state index contributed by atoms with van der Waals surface area (Å²) in [7, 11) is 1.57. The SMILES string of the molecule is CN(C[C@H](O)c1ccc(O)cc1)C(=O)COc1ccc2c(=O)c(-c3ccccc3)coc2c1. The average molecular weight is 445 g/mol. The third-order valence-corrected chi connectivity index (χ3v) is 5.34. The highest BCUT2D eigenvalue weighted by Gasteiger charge is 2.16. The summed E-state index contributed by atoms with van der Waals surface area (Å²) in [6.45, 7) is -0.168. The predicted molar refractivity (Wildman–Crippen MR) is 124 cm³/mol. The number of hydrogen-bond donors (Lipinski definition) is 2. The van der Waals surface area contributed by atoms with Gasteiger partial charge in [0.15, 0.2) is 12.0 Å². The summed E-state index contributed by atoms with van der Waals surface area (Å²) >= 11 is 0. The summed E-state index contributed by atoms with van der Waals surface area (Å²) in [5.74, 6) is 0.166.